The number of pyridine rings is 1. The van der Waals surface area contributed by atoms with Gasteiger partial charge >= 0.3 is 0 Å². The number of carbonyl (C=O) groups excluding carboxylic acids is 1. The molecule has 158 valence electrons. The lowest BCUT2D eigenvalue weighted by molar-refractivity contribution is 0.0712. The molecule has 3 aromatic heterocycles. The lowest BCUT2D eigenvalue weighted by Crippen LogP contribution is -2.35. The average molecular weight is 456 g/mol. The third kappa shape index (κ3) is 4.78. The normalized spacial score (nSPS) is 11.9. The molecule has 0 radical (unpaired) electrons. The summed E-state index contributed by atoms with van der Waals surface area (Å²) in [6, 6.07) is 10.8. The zero-order valence-electron chi connectivity index (χ0n) is 16.5. The Bertz CT molecular complexity index is 1280. The number of alkyl halides is 1. The highest BCUT2D eigenvalue weighted by Gasteiger charge is 2.20. The van der Waals surface area contributed by atoms with Crippen molar-refractivity contribution in [1.29, 1.82) is 0 Å². The molecule has 3 heterocycles. The second-order valence-electron chi connectivity index (χ2n) is 6.94. The van der Waals surface area contributed by atoms with Gasteiger partial charge in [0.15, 0.2) is 5.65 Å². The molecule has 0 saturated heterocycles. The number of allylic oxidation sites excluding steroid dienone is 2. The molecule has 7 nitrogen and oxygen atoms in total. The van der Waals surface area contributed by atoms with E-state index in [1.54, 1.807) is 46.3 Å². The Morgan fingerprint density at radius 2 is 2.16 bits per heavy atom. The van der Waals surface area contributed by atoms with E-state index in [-0.39, 0.29) is 12.6 Å². The predicted molar refractivity (Wildman–Crippen MR) is 121 cm³/mol. The highest BCUT2D eigenvalue weighted by atomic mass is 35.5. The summed E-state index contributed by atoms with van der Waals surface area (Å²) in [7, 11) is 0. The Kier molecular flexibility index (Phi) is 6.34. The van der Waals surface area contributed by atoms with E-state index in [0.717, 1.165) is 11.0 Å². The zero-order chi connectivity index (χ0) is 21.8. The van der Waals surface area contributed by atoms with Gasteiger partial charge in [0.1, 0.15) is 17.8 Å². The van der Waals surface area contributed by atoms with Crippen molar-refractivity contribution in [3.05, 3.63) is 77.7 Å². The number of benzene rings is 1. The maximum absolute atomic E-state index is 13.5. The average Bonchev–Trinajstić information content (AvgIpc) is 3.39. The van der Waals surface area contributed by atoms with Crippen molar-refractivity contribution in [2.45, 2.75) is 13.1 Å². The van der Waals surface area contributed by atoms with Gasteiger partial charge < -0.3 is 9.32 Å². The highest BCUT2D eigenvalue weighted by Crippen LogP contribution is 2.20. The molecule has 9 heteroatoms. The Labute approximate surface area is 188 Å². The van der Waals surface area contributed by atoms with Crippen molar-refractivity contribution >= 4 is 51.2 Å². The van der Waals surface area contributed by atoms with Crippen molar-refractivity contribution < 1.29 is 9.21 Å². The van der Waals surface area contributed by atoms with Crippen molar-refractivity contribution in [1.82, 2.24) is 24.9 Å². The van der Waals surface area contributed by atoms with E-state index < -0.39 is 0 Å². The van der Waals surface area contributed by atoms with E-state index >= 15 is 0 Å². The van der Waals surface area contributed by atoms with Crippen LogP contribution in [-0.2, 0) is 6.67 Å². The summed E-state index contributed by atoms with van der Waals surface area (Å²) in [5, 5.41) is 9.60. The standard InChI is InChI=1S/C22H19Cl2N5O2/c1-15(24)11-16(6-8-23)13-28(14-29-21-19(26-27-29)3-2-9-25-21)22(30)18-5-4-17-7-10-31-20(17)12-18/h2-5,7,9-12H,1,6,8,13-14H2/b16-11+. The van der Waals surface area contributed by atoms with E-state index in [0.29, 0.717) is 46.2 Å². The second-order valence-corrected chi connectivity index (χ2v) is 7.80. The van der Waals surface area contributed by atoms with E-state index in [1.165, 1.54) is 0 Å². The number of halogens is 2. The zero-order valence-corrected chi connectivity index (χ0v) is 18.1. The number of aromatic nitrogens is 4. The largest absolute Gasteiger partial charge is 0.464 e. The molecular weight excluding hydrogens is 437 g/mol. The molecule has 0 N–H and O–H groups in total. The van der Waals surface area contributed by atoms with Crippen molar-refractivity contribution in [3.8, 4) is 0 Å². The van der Waals surface area contributed by atoms with Crippen LogP contribution in [0.2, 0.25) is 0 Å². The van der Waals surface area contributed by atoms with E-state index in [9.17, 15) is 4.79 Å². The van der Waals surface area contributed by atoms with Gasteiger partial charge in [-0.25, -0.2) is 9.67 Å². The van der Waals surface area contributed by atoms with Gasteiger partial charge in [0.05, 0.1) is 6.26 Å². The SMILES string of the molecule is C=C(Cl)/C=C(\CCCl)CN(Cn1nnc2cccnc21)C(=O)c1ccc2ccoc2c1. The molecule has 0 aliphatic heterocycles. The first-order chi connectivity index (χ1) is 15.0. The van der Waals surface area contributed by atoms with Gasteiger partial charge in [-0.15, -0.1) is 16.7 Å². The van der Waals surface area contributed by atoms with Gasteiger partial charge in [-0.1, -0.05) is 29.5 Å². The summed E-state index contributed by atoms with van der Waals surface area (Å²) in [5.74, 6) is 0.197. The number of hydrogen-bond donors (Lipinski definition) is 0. The monoisotopic (exact) mass is 455 g/mol. The number of amides is 1. The fourth-order valence-corrected chi connectivity index (χ4v) is 3.71. The lowest BCUT2D eigenvalue weighted by Gasteiger charge is -2.24. The first-order valence-corrected chi connectivity index (χ1v) is 10.5. The van der Waals surface area contributed by atoms with Gasteiger partial charge in [0.2, 0.25) is 0 Å². The van der Waals surface area contributed by atoms with E-state index in [4.69, 9.17) is 27.6 Å². The quantitative estimate of drug-likeness (QED) is 0.276. The molecule has 0 aliphatic carbocycles. The molecule has 0 bridgehead atoms. The molecule has 0 saturated carbocycles. The topological polar surface area (TPSA) is 77.1 Å². The van der Waals surface area contributed by atoms with Gasteiger partial charge in [-0.3, -0.25) is 4.79 Å². The number of hydrogen-bond acceptors (Lipinski definition) is 5. The molecule has 0 unspecified atom stereocenters. The number of carbonyl (C=O) groups is 1. The maximum atomic E-state index is 13.5. The molecular formula is C22H19Cl2N5O2. The molecule has 4 aromatic rings. The molecule has 0 atom stereocenters. The molecule has 31 heavy (non-hydrogen) atoms. The first kappa shape index (κ1) is 21.1. The van der Waals surface area contributed by atoms with E-state index in [2.05, 4.69) is 21.9 Å². The second kappa shape index (κ2) is 9.32. The van der Waals surface area contributed by atoms with Gasteiger partial charge in [-0.05, 0) is 48.4 Å². The van der Waals surface area contributed by atoms with Crippen LogP contribution in [0.4, 0.5) is 0 Å². The third-order valence-corrected chi connectivity index (χ3v) is 5.03. The van der Waals surface area contributed by atoms with Crippen LogP contribution >= 0.6 is 23.2 Å². The van der Waals surface area contributed by atoms with Gasteiger partial charge in [-0.2, -0.15) is 0 Å². The van der Waals surface area contributed by atoms with Crippen LogP contribution < -0.4 is 0 Å². The highest BCUT2D eigenvalue weighted by molar-refractivity contribution is 6.30. The molecule has 0 aliphatic rings. The summed E-state index contributed by atoms with van der Waals surface area (Å²) in [6.45, 7) is 4.17. The molecule has 0 spiro atoms. The van der Waals surface area contributed by atoms with Crippen LogP contribution in [0, 0.1) is 0 Å². The third-order valence-electron chi connectivity index (χ3n) is 4.74. The van der Waals surface area contributed by atoms with Crippen LogP contribution in [0.25, 0.3) is 22.1 Å². The predicted octanol–water partition coefficient (Wildman–Crippen LogP) is 4.98. The number of rotatable bonds is 8. The van der Waals surface area contributed by atoms with Crippen molar-refractivity contribution in [3.63, 3.8) is 0 Å². The minimum Gasteiger partial charge on any atom is -0.464 e. The summed E-state index contributed by atoms with van der Waals surface area (Å²) in [5.41, 5.74) is 3.25. The molecule has 4 rings (SSSR count). The number of fused-ring (bicyclic) bond motifs is 2. The Hall–Kier alpha value is -3.16. The van der Waals surface area contributed by atoms with Gasteiger partial charge in [0, 0.05) is 34.6 Å². The first-order valence-electron chi connectivity index (χ1n) is 9.55. The minimum atomic E-state index is -0.196. The lowest BCUT2D eigenvalue weighted by atomic mass is 10.1. The van der Waals surface area contributed by atoms with Crippen molar-refractivity contribution in [2.24, 2.45) is 0 Å². The summed E-state index contributed by atoms with van der Waals surface area (Å²) >= 11 is 12.0. The van der Waals surface area contributed by atoms with Crippen LogP contribution in [0.3, 0.4) is 0 Å². The van der Waals surface area contributed by atoms with Gasteiger partial charge in [0.25, 0.3) is 5.91 Å². The number of nitrogens with zero attached hydrogens (tertiary/aromatic N) is 5. The minimum absolute atomic E-state index is 0.150. The Balaban J connectivity index is 1.70. The molecule has 0 fully saturated rings. The van der Waals surface area contributed by atoms with E-state index in [1.807, 2.05) is 18.2 Å². The Morgan fingerprint density at radius 1 is 1.29 bits per heavy atom. The van der Waals surface area contributed by atoms with Crippen molar-refractivity contribution in [2.75, 3.05) is 12.4 Å². The molecule has 1 amide bonds. The number of furan rings is 1. The van der Waals surface area contributed by atoms with Crippen LogP contribution in [0.5, 0.6) is 0 Å². The fraction of sp³-hybridized carbons (Fsp3) is 0.182. The van der Waals surface area contributed by atoms with Crippen LogP contribution in [-0.4, -0.2) is 43.2 Å². The fourth-order valence-electron chi connectivity index (χ4n) is 3.31. The van der Waals surface area contributed by atoms with Crippen LogP contribution in [0.1, 0.15) is 16.8 Å². The summed E-state index contributed by atoms with van der Waals surface area (Å²) in [4.78, 5) is 19.5. The smallest absolute Gasteiger partial charge is 0.255 e. The Morgan fingerprint density at radius 3 is 2.97 bits per heavy atom. The molecule has 1 aromatic carbocycles. The summed E-state index contributed by atoms with van der Waals surface area (Å²) in [6.07, 6.45) is 5.55. The summed E-state index contributed by atoms with van der Waals surface area (Å²) < 4.78 is 7.05. The maximum Gasteiger partial charge on any atom is 0.255 e. The van der Waals surface area contributed by atoms with Crippen LogP contribution in [0.15, 0.2) is 76.5 Å².